The fourth-order valence-electron chi connectivity index (χ4n) is 5.43. The molecule has 0 aromatic heterocycles. The van der Waals surface area contributed by atoms with Crippen molar-refractivity contribution in [3.05, 3.63) is 35.9 Å². The third-order valence-corrected chi connectivity index (χ3v) is 8.71. The highest BCUT2D eigenvalue weighted by atomic mass is 16.3. The first-order chi connectivity index (χ1) is 26.5. The number of aliphatic hydroxyl groups is 3. The van der Waals surface area contributed by atoms with Crippen LogP contribution in [0, 0.1) is 0 Å². The summed E-state index contributed by atoms with van der Waals surface area (Å²) in [6.45, 7) is -0.807. The average Bonchev–Trinajstić information content (AvgIpc) is 3.17. The predicted molar refractivity (Wildman–Crippen MR) is 195 cm³/mol. The molecule has 1 aliphatic heterocycles. The van der Waals surface area contributed by atoms with Crippen molar-refractivity contribution >= 4 is 52.7 Å². The van der Waals surface area contributed by atoms with Gasteiger partial charge in [0.1, 0.15) is 24.2 Å². The van der Waals surface area contributed by atoms with Crippen LogP contribution in [0.4, 0.5) is 0 Å². The lowest BCUT2D eigenvalue weighted by Gasteiger charge is -2.27. The van der Waals surface area contributed by atoms with Crippen LogP contribution in [0.3, 0.4) is 0 Å². The number of nitrogens with one attached hydrogen (secondary N) is 7. The Bertz CT molecular complexity index is 1560. The van der Waals surface area contributed by atoms with Gasteiger partial charge in [0, 0.05) is 13.0 Å². The van der Waals surface area contributed by atoms with Gasteiger partial charge in [0.15, 0.2) is 0 Å². The molecule has 1 saturated heterocycles. The quantitative estimate of drug-likeness (QED) is 0.0501. The van der Waals surface area contributed by atoms with Gasteiger partial charge in [0.2, 0.25) is 52.7 Å². The number of hydrogen-bond donors (Lipinski definition) is 13. The molecule has 1 fully saturated rings. The van der Waals surface area contributed by atoms with E-state index >= 15 is 0 Å². The monoisotopic (exact) mass is 792 g/mol. The minimum absolute atomic E-state index is 0.0225. The zero-order chi connectivity index (χ0) is 41.9. The van der Waals surface area contributed by atoms with Crippen LogP contribution in [-0.4, -0.2) is 136 Å². The van der Waals surface area contributed by atoms with Crippen molar-refractivity contribution < 1.29 is 58.5 Å². The Morgan fingerprint density at radius 3 is 2.12 bits per heavy atom. The van der Waals surface area contributed by atoms with Crippen molar-refractivity contribution in [2.24, 2.45) is 17.3 Å². The van der Waals surface area contributed by atoms with E-state index in [0.29, 0.717) is 5.56 Å². The molecule has 22 heteroatoms. The van der Waals surface area contributed by atoms with Crippen LogP contribution in [0.25, 0.3) is 0 Å². The van der Waals surface area contributed by atoms with Gasteiger partial charge in [-0.05, 0) is 44.6 Å². The maximum absolute atomic E-state index is 13.5. The largest absolute Gasteiger partial charge is 0.394 e. The van der Waals surface area contributed by atoms with Gasteiger partial charge in [-0.2, -0.15) is 0 Å². The lowest BCUT2D eigenvalue weighted by atomic mass is 9.96. The molecular weight excluding hydrogens is 740 g/mol. The average molecular weight is 793 g/mol. The third kappa shape index (κ3) is 14.9. The topological polar surface area (TPSA) is 377 Å². The van der Waals surface area contributed by atoms with Crippen molar-refractivity contribution in [1.29, 1.82) is 0 Å². The summed E-state index contributed by atoms with van der Waals surface area (Å²) in [5.74, 6) is -4.22. The molecule has 2 unspecified atom stereocenters. The first-order valence-corrected chi connectivity index (χ1v) is 17.8. The zero-order valence-corrected chi connectivity index (χ0v) is 30.8. The number of nitrogens with two attached hydrogens (primary N) is 3. The molecule has 16 N–H and O–H groups in total. The third-order valence-electron chi connectivity index (χ3n) is 8.71. The van der Waals surface area contributed by atoms with E-state index in [1.807, 2.05) is 0 Å². The van der Waals surface area contributed by atoms with Crippen LogP contribution < -0.4 is 54.9 Å². The first-order valence-electron chi connectivity index (χ1n) is 17.8. The molecule has 0 saturated carbocycles. The fourth-order valence-corrected chi connectivity index (χ4v) is 5.43. The number of hydrazine groups is 2. The van der Waals surface area contributed by atoms with Gasteiger partial charge in [0.25, 0.3) is 0 Å². The van der Waals surface area contributed by atoms with Gasteiger partial charge >= 0.3 is 0 Å². The molecule has 0 radical (unpaired) electrons. The van der Waals surface area contributed by atoms with E-state index in [1.54, 1.807) is 30.3 Å². The van der Waals surface area contributed by atoms with Crippen LogP contribution >= 0.6 is 0 Å². The highest BCUT2D eigenvalue weighted by Crippen LogP contribution is 2.08. The number of rotatable bonds is 13. The molecule has 2 rings (SSSR count). The van der Waals surface area contributed by atoms with E-state index in [-0.39, 0.29) is 45.1 Å². The summed E-state index contributed by atoms with van der Waals surface area (Å²) in [5.41, 5.74) is 19.0. The summed E-state index contributed by atoms with van der Waals surface area (Å²) in [5, 5.41) is 39.6. The minimum atomic E-state index is -1.97. The summed E-state index contributed by atoms with van der Waals surface area (Å²) in [6.07, 6.45) is -2.55. The van der Waals surface area contributed by atoms with Crippen molar-refractivity contribution in [3.8, 4) is 0 Å². The molecule has 1 aromatic carbocycles. The van der Waals surface area contributed by atoms with Crippen LogP contribution in [0.15, 0.2) is 30.3 Å². The van der Waals surface area contributed by atoms with E-state index in [1.165, 1.54) is 0 Å². The molecule has 1 aromatic rings. The summed E-state index contributed by atoms with van der Waals surface area (Å²) in [4.78, 5) is 116. The van der Waals surface area contributed by atoms with Gasteiger partial charge in [-0.25, -0.2) is 16.3 Å². The number of primary amides is 1. The Kier molecular flexibility index (Phi) is 20.0. The van der Waals surface area contributed by atoms with E-state index in [2.05, 4.69) is 37.5 Å². The number of carbonyl (C=O) groups excluding carboxylic acids is 9. The lowest BCUT2D eigenvalue weighted by Crippen LogP contribution is -2.62. The number of hydrogen-bond acceptors (Lipinski definition) is 17. The smallest absolute Gasteiger partial charge is 0.241 e. The van der Waals surface area contributed by atoms with Gasteiger partial charge in [0.05, 0.1) is 43.9 Å². The Balaban J connectivity index is 2.34. The maximum Gasteiger partial charge on any atom is 0.241 e. The zero-order valence-electron chi connectivity index (χ0n) is 30.8. The highest BCUT2D eigenvalue weighted by Gasteiger charge is 2.38. The van der Waals surface area contributed by atoms with Gasteiger partial charge < -0.3 is 48.1 Å². The highest BCUT2D eigenvalue weighted by molar-refractivity contribution is 6.42. The molecule has 0 aliphatic carbocycles. The second-order valence-electron chi connectivity index (χ2n) is 13.1. The van der Waals surface area contributed by atoms with E-state index < -0.39 is 121 Å². The number of carbonyl (C=O) groups is 9. The predicted octanol–water partition coefficient (Wildman–Crippen LogP) is -6.73. The molecular formula is C34H52N10O12. The van der Waals surface area contributed by atoms with Crippen molar-refractivity contribution in [1.82, 2.24) is 37.5 Å². The van der Waals surface area contributed by atoms with Crippen LogP contribution in [0.1, 0.15) is 51.0 Å². The summed E-state index contributed by atoms with van der Waals surface area (Å²) >= 11 is 0. The van der Waals surface area contributed by atoms with Gasteiger partial charge in [-0.1, -0.05) is 30.3 Å². The van der Waals surface area contributed by atoms with Crippen LogP contribution in [0.2, 0.25) is 0 Å². The Morgan fingerprint density at radius 2 is 1.54 bits per heavy atom. The number of aliphatic hydroxyl groups excluding tert-OH is 3. The van der Waals surface area contributed by atoms with Crippen molar-refractivity contribution in [2.45, 2.75) is 100 Å². The van der Waals surface area contributed by atoms with Crippen molar-refractivity contribution in [3.63, 3.8) is 0 Å². The van der Waals surface area contributed by atoms with Crippen LogP contribution in [0.5, 0.6) is 0 Å². The van der Waals surface area contributed by atoms with E-state index in [9.17, 15) is 58.5 Å². The molecule has 8 atom stereocenters. The minimum Gasteiger partial charge on any atom is -0.394 e. The number of Topliss-reactive ketones (excluding diaryl/α,β-unsaturated/α-hetero) is 4. The maximum atomic E-state index is 13.5. The first kappa shape index (κ1) is 47.1. The molecule has 56 heavy (non-hydrogen) atoms. The Hall–Kier alpha value is -5.07. The number of amides is 5. The second kappa shape index (κ2) is 23.8. The fraction of sp³-hybridized carbons (Fsp3) is 0.559. The normalized spacial score (nSPS) is 24.2. The van der Waals surface area contributed by atoms with Gasteiger partial charge in [-0.15, -0.1) is 0 Å². The second-order valence-corrected chi connectivity index (χ2v) is 13.1. The Labute approximate surface area is 321 Å². The molecule has 5 amide bonds. The standard InChI is InChI=1S/C34H52N10O12/c1-17(47)27-31(53)28(50)21(14-25(36)48)39-32(54)19(35)10-11-26(49)38-12-6-5-9-20(43-44-24(16-46)34(56)41-27)33(55)40-23(15-45)30(52)29(51)22(42-37)13-18-7-3-2-4-8-18/h2-4,7-8,17,19-24,27,42-47H,5-6,9-16,35,37H2,1H3,(H2,36,48)(H,38,49)(H,39,54)(H,40,55)(H,41,56)/t17-,19?,20?,21+,22+,23+,24+,27+/m1/s1. The Morgan fingerprint density at radius 1 is 0.875 bits per heavy atom. The van der Waals surface area contributed by atoms with E-state index in [0.717, 1.165) is 6.92 Å². The lowest BCUT2D eigenvalue weighted by molar-refractivity contribution is -0.143. The molecule has 22 nitrogen and oxygen atoms in total. The number of ketones is 4. The SMILES string of the molecule is C[C@@H](O)[C@@H]1NC(=O)[C@H](CO)NNC(C(=O)N[C@@H](CO)C(=O)C(=O)[C@H](Cc2ccccc2)NN)CCCCNC(=O)CCC(N)C(=O)N[C@@H](CC(N)=O)C(=O)C1=O. The van der Waals surface area contributed by atoms with Crippen LogP contribution in [-0.2, 0) is 49.6 Å². The summed E-state index contributed by atoms with van der Waals surface area (Å²) < 4.78 is 0. The number of benzene rings is 1. The summed E-state index contributed by atoms with van der Waals surface area (Å²) in [7, 11) is 0. The molecule has 1 aliphatic rings. The van der Waals surface area contributed by atoms with Crippen molar-refractivity contribution in [2.75, 3.05) is 19.8 Å². The van der Waals surface area contributed by atoms with E-state index in [4.69, 9.17) is 17.3 Å². The summed E-state index contributed by atoms with van der Waals surface area (Å²) in [6, 6.07) is -2.47. The van der Waals surface area contributed by atoms with Gasteiger partial charge in [-0.3, -0.25) is 49.0 Å². The molecule has 310 valence electrons. The molecule has 0 bridgehead atoms. The molecule has 0 spiro atoms. The molecule has 1 heterocycles.